The van der Waals surface area contributed by atoms with Crippen LogP contribution in [0.5, 0.6) is 0 Å². The lowest BCUT2D eigenvalue weighted by Gasteiger charge is -2.32. The van der Waals surface area contributed by atoms with Crippen molar-refractivity contribution in [1.29, 1.82) is 0 Å². The molecule has 0 nitrogen and oxygen atoms in total. The molecular formula is C40H52. The number of allylic oxidation sites excluding steroid dienone is 18. The first kappa shape index (κ1) is 33.0. The fraction of sp³-hybridized carbons (Fsp3) is 0.450. The van der Waals surface area contributed by atoms with Gasteiger partial charge in [-0.05, 0) is 101 Å². The Labute approximate surface area is 247 Å². The van der Waals surface area contributed by atoms with Gasteiger partial charge in [-0.2, -0.15) is 0 Å². The monoisotopic (exact) mass is 532 g/mol. The SMILES string of the molecule is CC1=C(/C=C/C(C)C#CC/C(C)=C/C=C/C=C(\C)C#C/C=C(C)/C=C/C2=C(C)CCCC2(C)C)C(C)(C)C=CC1. The van der Waals surface area contributed by atoms with Crippen LogP contribution >= 0.6 is 0 Å². The normalized spacial score (nSPS) is 20.7. The lowest BCUT2D eigenvalue weighted by molar-refractivity contribution is 0.377. The summed E-state index contributed by atoms with van der Waals surface area (Å²) in [7, 11) is 0. The fourth-order valence-corrected chi connectivity index (χ4v) is 5.33. The van der Waals surface area contributed by atoms with Crippen LogP contribution in [0.3, 0.4) is 0 Å². The Morgan fingerprint density at radius 1 is 0.975 bits per heavy atom. The number of hydrogen-bond acceptors (Lipinski definition) is 0. The number of rotatable bonds is 7. The molecule has 0 bridgehead atoms. The minimum absolute atomic E-state index is 0.103. The summed E-state index contributed by atoms with van der Waals surface area (Å²) < 4.78 is 0. The maximum absolute atomic E-state index is 3.38. The minimum atomic E-state index is 0.103. The molecule has 2 aliphatic rings. The lowest BCUT2D eigenvalue weighted by atomic mass is 9.72. The van der Waals surface area contributed by atoms with E-state index in [2.05, 4.69) is 147 Å². The van der Waals surface area contributed by atoms with Gasteiger partial charge < -0.3 is 0 Å². The summed E-state index contributed by atoms with van der Waals surface area (Å²) >= 11 is 0. The molecule has 0 amide bonds. The highest BCUT2D eigenvalue weighted by molar-refractivity contribution is 5.41. The molecule has 0 saturated carbocycles. The third-order valence-electron chi connectivity index (χ3n) is 7.82. The molecule has 0 heterocycles. The van der Waals surface area contributed by atoms with E-state index in [-0.39, 0.29) is 16.7 Å². The van der Waals surface area contributed by atoms with Crippen LogP contribution in [0.2, 0.25) is 0 Å². The summed E-state index contributed by atoms with van der Waals surface area (Å²) in [4.78, 5) is 0. The quantitative estimate of drug-likeness (QED) is 0.174. The van der Waals surface area contributed by atoms with Gasteiger partial charge in [0, 0.05) is 17.8 Å². The van der Waals surface area contributed by atoms with Crippen LogP contribution in [0.4, 0.5) is 0 Å². The molecule has 1 atom stereocenters. The van der Waals surface area contributed by atoms with Crippen LogP contribution in [0.1, 0.15) is 101 Å². The second kappa shape index (κ2) is 15.5. The van der Waals surface area contributed by atoms with Gasteiger partial charge in [0.15, 0.2) is 0 Å². The lowest BCUT2D eigenvalue weighted by Crippen LogP contribution is -2.19. The van der Waals surface area contributed by atoms with Crippen molar-refractivity contribution < 1.29 is 0 Å². The van der Waals surface area contributed by atoms with E-state index in [0.29, 0.717) is 0 Å². The van der Waals surface area contributed by atoms with Gasteiger partial charge in [-0.15, -0.1) is 0 Å². The Kier molecular flexibility index (Phi) is 12.8. The van der Waals surface area contributed by atoms with Crippen molar-refractivity contribution in [3.05, 3.63) is 106 Å². The Morgan fingerprint density at radius 3 is 2.40 bits per heavy atom. The smallest absolute Gasteiger partial charge is 0.0357 e. The zero-order valence-electron chi connectivity index (χ0n) is 27.0. The summed E-state index contributed by atoms with van der Waals surface area (Å²) in [6.45, 7) is 22.3. The van der Waals surface area contributed by atoms with E-state index in [1.807, 2.05) is 13.0 Å². The Bertz CT molecular complexity index is 1310. The molecule has 0 aromatic rings. The van der Waals surface area contributed by atoms with Gasteiger partial charge in [0.1, 0.15) is 0 Å². The van der Waals surface area contributed by atoms with E-state index in [9.17, 15) is 0 Å². The molecule has 40 heavy (non-hydrogen) atoms. The average Bonchev–Trinajstić information content (AvgIpc) is 2.85. The zero-order valence-corrected chi connectivity index (χ0v) is 27.0. The van der Waals surface area contributed by atoms with Crippen molar-refractivity contribution in [3.8, 4) is 23.7 Å². The van der Waals surface area contributed by atoms with Crippen molar-refractivity contribution in [2.45, 2.75) is 101 Å². The zero-order chi connectivity index (χ0) is 29.8. The molecule has 0 aromatic carbocycles. The maximum atomic E-state index is 3.38. The molecule has 2 rings (SSSR count). The van der Waals surface area contributed by atoms with E-state index in [1.165, 1.54) is 52.7 Å². The highest BCUT2D eigenvalue weighted by Crippen LogP contribution is 2.41. The molecule has 0 fully saturated rings. The van der Waals surface area contributed by atoms with Crippen molar-refractivity contribution in [1.82, 2.24) is 0 Å². The molecule has 0 aromatic heterocycles. The highest BCUT2D eigenvalue weighted by atomic mass is 14.3. The second-order valence-corrected chi connectivity index (χ2v) is 12.8. The van der Waals surface area contributed by atoms with Crippen LogP contribution < -0.4 is 0 Å². The summed E-state index contributed by atoms with van der Waals surface area (Å²) in [5.41, 5.74) is 9.76. The van der Waals surface area contributed by atoms with Crippen molar-refractivity contribution in [2.24, 2.45) is 16.7 Å². The van der Waals surface area contributed by atoms with E-state index in [0.717, 1.165) is 18.4 Å². The van der Waals surface area contributed by atoms with Gasteiger partial charge in [-0.25, -0.2) is 0 Å². The van der Waals surface area contributed by atoms with Crippen molar-refractivity contribution in [3.63, 3.8) is 0 Å². The van der Waals surface area contributed by atoms with Gasteiger partial charge in [-0.3, -0.25) is 0 Å². The van der Waals surface area contributed by atoms with E-state index < -0.39 is 0 Å². The summed E-state index contributed by atoms with van der Waals surface area (Å²) in [5.74, 6) is 13.4. The molecule has 0 aliphatic heterocycles. The molecule has 0 radical (unpaired) electrons. The van der Waals surface area contributed by atoms with Gasteiger partial charge in [-0.1, -0.05) is 129 Å². The standard InChI is InChI=1S/C40H52/c1-31(19-13-21-33(3)25-27-37-35(5)23-15-29-39(37,7)8)17-11-12-18-32(2)20-14-22-34(4)26-28-38-36(6)24-16-30-40(38,9)10/h11-12,15,17-18,22,25-29,33H,16,19,23-24,30H2,1-10H3/b12-11+,27-25+,28-26+,31-17+,32-18+,34-22+. The molecule has 212 valence electrons. The molecule has 0 saturated heterocycles. The van der Waals surface area contributed by atoms with E-state index in [4.69, 9.17) is 0 Å². The summed E-state index contributed by atoms with van der Waals surface area (Å²) in [6.07, 6.45) is 29.6. The maximum Gasteiger partial charge on any atom is 0.0357 e. The Balaban J connectivity index is 1.87. The van der Waals surface area contributed by atoms with Crippen LogP contribution in [0, 0.1) is 40.4 Å². The third-order valence-corrected chi connectivity index (χ3v) is 7.82. The largest absolute Gasteiger partial charge is 0.0983 e. The molecule has 0 spiro atoms. The second-order valence-electron chi connectivity index (χ2n) is 12.8. The summed E-state index contributed by atoms with van der Waals surface area (Å²) in [5, 5.41) is 0. The van der Waals surface area contributed by atoms with Crippen molar-refractivity contribution in [2.75, 3.05) is 0 Å². The van der Waals surface area contributed by atoms with Crippen LogP contribution in [0.25, 0.3) is 0 Å². The van der Waals surface area contributed by atoms with E-state index >= 15 is 0 Å². The first-order chi connectivity index (χ1) is 18.8. The minimum Gasteiger partial charge on any atom is -0.0983 e. The van der Waals surface area contributed by atoms with Gasteiger partial charge in [0.05, 0.1) is 0 Å². The fourth-order valence-electron chi connectivity index (χ4n) is 5.33. The van der Waals surface area contributed by atoms with Gasteiger partial charge >= 0.3 is 0 Å². The van der Waals surface area contributed by atoms with Crippen LogP contribution in [-0.2, 0) is 0 Å². The number of hydrogen-bond donors (Lipinski definition) is 0. The first-order valence-electron chi connectivity index (χ1n) is 14.9. The molecule has 1 unspecified atom stereocenters. The Morgan fingerprint density at radius 2 is 1.70 bits per heavy atom. The van der Waals surface area contributed by atoms with Crippen LogP contribution in [0.15, 0.2) is 106 Å². The van der Waals surface area contributed by atoms with Crippen molar-refractivity contribution >= 4 is 0 Å². The van der Waals surface area contributed by atoms with Crippen LogP contribution in [-0.4, -0.2) is 0 Å². The van der Waals surface area contributed by atoms with E-state index in [1.54, 1.807) is 0 Å². The van der Waals surface area contributed by atoms with Gasteiger partial charge in [0.25, 0.3) is 0 Å². The highest BCUT2D eigenvalue weighted by Gasteiger charge is 2.26. The predicted molar refractivity (Wildman–Crippen MR) is 179 cm³/mol. The Hall–Kier alpha value is -3.22. The predicted octanol–water partition coefficient (Wildman–Crippen LogP) is 11.4. The molecule has 0 heteroatoms. The summed E-state index contributed by atoms with van der Waals surface area (Å²) in [6, 6.07) is 0. The molecule has 2 aliphatic carbocycles. The first-order valence-corrected chi connectivity index (χ1v) is 14.9. The average molecular weight is 533 g/mol. The third kappa shape index (κ3) is 11.1. The molecule has 0 N–H and O–H groups in total. The van der Waals surface area contributed by atoms with Gasteiger partial charge in [0.2, 0.25) is 0 Å². The topological polar surface area (TPSA) is 0 Å². The molecular weight excluding hydrogens is 480 g/mol.